The van der Waals surface area contributed by atoms with Gasteiger partial charge in [0, 0.05) is 6.54 Å². The maximum absolute atomic E-state index is 12.8. The Morgan fingerprint density at radius 3 is 2.35 bits per heavy atom. The number of carbonyl (C=O) groups is 2. The van der Waals surface area contributed by atoms with Gasteiger partial charge in [0.05, 0.1) is 19.0 Å². The van der Waals surface area contributed by atoms with Crippen LogP contribution in [0.15, 0.2) is 0 Å². The number of hydrogen-bond donors (Lipinski definition) is 0. The molecule has 4 atom stereocenters. The second kappa shape index (κ2) is 7.61. The minimum Gasteiger partial charge on any atom is -0.464 e. The topological polar surface area (TPSA) is 90.0 Å². The Hall–Kier alpha value is -1.52. The number of sulfone groups is 1. The lowest BCUT2D eigenvalue weighted by atomic mass is 9.73. The molecule has 0 spiro atoms. The Labute approximate surface area is 149 Å². The quantitative estimate of drug-likeness (QED) is 0.673. The number of halogens is 3. The maximum atomic E-state index is 12.8. The molecule has 26 heavy (non-hydrogen) atoms. The van der Waals surface area contributed by atoms with Crippen LogP contribution in [0.3, 0.4) is 0 Å². The number of ether oxygens (including phenoxy) is 2. The largest absolute Gasteiger partial charge is 0.497 e. The van der Waals surface area contributed by atoms with Crippen molar-refractivity contribution >= 4 is 21.9 Å². The molecule has 1 saturated heterocycles. The summed E-state index contributed by atoms with van der Waals surface area (Å²) in [5.74, 6) is -1.27. The van der Waals surface area contributed by atoms with Gasteiger partial charge in [0.15, 0.2) is 0 Å². The summed E-state index contributed by atoms with van der Waals surface area (Å²) < 4.78 is 71.6. The summed E-state index contributed by atoms with van der Waals surface area (Å²) in [6.07, 6.45) is -0.734. The molecule has 0 aromatic carbocycles. The lowest BCUT2D eigenvalue weighted by Crippen LogP contribution is -2.56. The molecule has 2 rings (SSSR count). The van der Waals surface area contributed by atoms with E-state index in [0.29, 0.717) is 0 Å². The third kappa shape index (κ3) is 3.91. The molecule has 1 heterocycles. The number of amides is 1. The average molecular weight is 401 g/mol. The zero-order chi connectivity index (χ0) is 19.7. The summed E-state index contributed by atoms with van der Waals surface area (Å²) in [6, 6.07) is -0.990. The molecule has 1 aliphatic carbocycles. The number of rotatable bonds is 3. The number of fused-ring (bicyclic) bond motifs is 1. The zero-order valence-electron chi connectivity index (χ0n) is 14.5. The molecule has 0 aromatic heterocycles. The van der Waals surface area contributed by atoms with Gasteiger partial charge < -0.3 is 9.47 Å². The summed E-state index contributed by atoms with van der Waals surface area (Å²) >= 11 is 0. The predicted molar refractivity (Wildman–Crippen MR) is 83.7 cm³/mol. The normalized spacial score (nSPS) is 29.7. The molecule has 2 fully saturated rings. The molecule has 11 heteroatoms. The van der Waals surface area contributed by atoms with E-state index in [4.69, 9.17) is 4.74 Å². The molecule has 150 valence electrons. The van der Waals surface area contributed by atoms with E-state index in [2.05, 4.69) is 4.74 Å². The number of hydrogen-bond acceptors (Lipinski definition) is 6. The number of piperidine rings is 1. The molecule has 0 bridgehead atoms. The molecule has 1 saturated carbocycles. The van der Waals surface area contributed by atoms with E-state index >= 15 is 0 Å². The van der Waals surface area contributed by atoms with Crippen LogP contribution in [0.4, 0.5) is 18.0 Å². The maximum Gasteiger partial charge on any atom is 0.497 e. The van der Waals surface area contributed by atoms with Crippen molar-refractivity contribution < 1.29 is 40.7 Å². The zero-order valence-corrected chi connectivity index (χ0v) is 15.3. The van der Waals surface area contributed by atoms with Crippen molar-refractivity contribution in [2.24, 2.45) is 11.8 Å². The van der Waals surface area contributed by atoms with E-state index in [0.717, 1.165) is 0 Å². The average Bonchev–Trinajstić information content (AvgIpc) is 2.58. The van der Waals surface area contributed by atoms with Crippen molar-refractivity contribution in [1.82, 2.24) is 4.90 Å². The monoisotopic (exact) mass is 401 g/mol. The first kappa shape index (κ1) is 20.8. The first-order chi connectivity index (χ1) is 12.0. The molecular weight excluding hydrogens is 379 g/mol. The van der Waals surface area contributed by atoms with Crippen LogP contribution in [-0.4, -0.2) is 62.4 Å². The van der Waals surface area contributed by atoms with Gasteiger partial charge in [-0.2, -0.15) is 13.2 Å². The van der Waals surface area contributed by atoms with Gasteiger partial charge in [-0.15, -0.1) is 0 Å². The van der Waals surface area contributed by atoms with E-state index in [1.54, 1.807) is 6.92 Å². The number of carbonyl (C=O) groups excluding carboxylic acids is 2. The molecule has 7 nitrogen and oxygen atoms in total. The number of likely N-dealkylation sites (tertiary alicyclic amines) is 1. The second-order valence-electron chi connectivity index (χ2n) is 6.57. The van der Waals surface area contributed by atoms with Crippen LogP contribution in [0.25, 0.3) is 0 Å². The molecule has 0 radical (unpaired) electrons. The van der Waals surface area contributed by atoms with Gasteiger partial charge in [0.2, 0.25) is 0 Å². The molecular formula is C15H22F3NO6S. The summed E-state index contributed by atoms with van der Waals surface area (Å²) in [6.45, 7) is 1.81. The fourth-order valence-corrected chi connectivity index (χ4v) is 5.18. The van der Waals surface area contributed by atoms with E-state index in [-0.39, 0.29) is 44.8 Å². The van der Waals surface area contributed by atoms with E-state index in [1.165, 1.54) is 12.0 Å². The van der Waals surface area contributed by atoms with Gasteiger partial charge in [-0.05, 0) is 44.4 Å². The Morgan fingerprint density at radius 1 is 1.15 bits per heavy atom. The fourth-order valence-electron chi connectivity index (χ4n) is 3.86. The minimum absolute atomic E-state index is 0.0580. The molecule has 4 unspecified atom stereocenters. The Kier molecular flexibility index (Phi) is 6.09. The SMILES string of the molecule is CCOC(=O)C1CC2CC(S(=O)(=O)C(F)(F)F)CCC2CN1C(=O)OC. The molecule has 1 amide bonds. The van der Waals surface area contributed by atoms with Gasteiger partial charge in [-0.25, -0.2) is 18.0 Å². The van der Waals surface area contributed by atoms with Crippen LogP contribution >= 0.6 is 0 Å². The van der Waals surface area contributed by atoms with Crippen LogP contribution in [0.5, 0.6) is 0 Å². The number of methoxy groups -OCH3 is 1. The number of nitrogens with zero attached hydrogens (tertiary/aromatic N) is 1. The molecule has 1 aliphatic heterocycles. The Bertz CT molecular complexity index is 650. The highest BCUT2D eigenvalue weighted by Gasteiger charge is 2.54. The standard InChI is InChI=1S/C15H22F3NO6S/c1-3-25-13(20)12-7-10-6-11(26(22,23)15(16,17)18)5-4-9(10)8-19(12)14(21)24-2/h9-12H,3-8H2,1-2H3. The molecule has 2 aliphatic rings. The first-order valence-corrected chi connectivity index (χ1v) is 9.88. The third-order valence-corrected chi connectivity index (χ3v) is 7.11. The van der Waals surface area contributed by atoms with Crippen LogP contribution in [-0.2, 0) is 24.1 Å². The van der Waals surface area contributed by atoms with E-state index in [9.17, 15) is 31.2 Å². The second-order valence-corrected chi connectivity index (χ2v) is 8.79. The van der Waals surface area contributed by atoms with Crippen molar-refractivity contribution in [3.8, 4) is 0 Å². The Morgan fingerprint density at radius 2 is 1.81 bits per heavy atom. The number of alkyl halides is 3. The molecule has 0 aromatic rings. The van der Waals surface area contributed by atoms with Crippen molar-refractivity contribution in [2.45, 2.75) is 49.4 Å². The smallest absolute Gasteiger partial charge is 0.464 e. The van der Waals surface area contributed by atoms with Crippen LogP contribution < -0.4 is 0 Å². The van der Waals surface area contributed by atoms with Gasteiger partial charge in [-0.1, -0.05) is 0 Å². The first-order valence-electron chi connectivity index (χ1n) is 8.34. The van der Waals surface area contributed by atoms with Crippen LogP contribution in [0, 0.1) is 11.8 Å². The summed E-state index contributed by atoms with van der Waals surface area (Å²) in [4.78, 5) is 25.4. The molecule has 0 N–H and O–H groups in total. The summed E-state index contributed by atoms with van der Waals surface area (Å²) in [5.41, 5.74) is -5.29. The summed E-state index contributed by atoms with van der Waals surface area (Å²) in [7, 11) is -4.08. The highest BCUT2D eigenvalue weighted by Crippen LogP contribution is 2.43. The van der Waals surface area contributed by atoms with Crippen LogP contribution in [0.2, 0.25) is 0 Å². The van der Waals surface area contributed by atoms with Crippen LogP contribution in [0.1, 0.15) is 32.6 Å². The van der Waals surface area contributed by atoms with E-state index in [1.807, 2.05) is 0 Å². The highest BCUT2D eigenvalue weighted by atomic mass is 32.2. The van der Waals surface area contributed by atoms with Crippen molar-refractivity contribution in [2.75, 3.05) is 20.3 Å². The predicted octanol–water partition coefficient (Wildman–Crippen LogP) is 2.11. The minimum atomic E-state index is -5.29. The van der Waals surface area contributed by atoms with E-state index < -0.39 is 44.6 Å². The third-order valence-electron chi connectivity index (χ3n) is 5.15. The van der Waals surface area contributed by atoms with Gasteiger partial charge in [-0.3, -0.25) is 4.90 Å². The highest BCUT2D eigenvalue weighted by molar-refractivity contribution is 7.92. The fraction of sp³-hybridized carbons (Fsp3) is 0.867. The van der Waals surface area contributed by atoms with Gasteiger partial charge >= 0.3 is 17.6 Å². The van der Waals surface area contributed by atoms with Gasteiger partial charge in [0.25, 0.3) is 9.84 Å². The lowest BCUT2D eigenvalue weighted by molar-refractivity contribution is -0.152. The van der Waals surface area contributed by atoms with Crippen molar-refractivity contribution in [1.29, 1.82) is 0 Å². The number of esters is 1. The Balaban J connectivity index is 2.21. The lowest BCUT2D eigenvalue weighted by Gasteiger charge is -2.45. The van der Waals surface area contributed by atoms with Gasteiger partial charge in [0.1, 0.15) is 6.04 Å². The van der Waals surface area contributed by atoms with Crippen molar-refractivity contribution in [3.05, 3.63) is 0 Å². The summed E-state index contributed by atoms with van der Waals surface area (Å²) in [5, 5.41) is -1.52. The van der Waals surface area contributed by atoms with Crippen molar-refractivity contribution in [3.63, 3.8) is 0 Å².